The molecule has 4 heteroatoms. The van der Waals surface area contributed by atoms with Gasteiger partial charge in [-0.15, -0.1) is 11.8 Å². The lowest BCUT2D eigenvalue weighted by atomic mass is 9.56. The third-order valence-corrected chi connectivity index (χ3v) is 6.46. The molecule has 0 unspecified atom stereocenters. The predicted octanol–water partition coefficient (Wildman–Crippen LogP) is 2.91. The van der Waals surface area contributed by atoms with Gasteiger partial charge in [0, 0.05) is 11.3 Å². The van der Waals surface area contributed by atoms with Crippen molar-refractivity contribution in [3.8, 4) is 0 Å². The Hall–Kier alpha value is -0.640. The van der Waals surface area contributed by atoms with Gasteiger partial charge in [-0.25, -0.2) is 0 Å². The van der Waals surface area contributed by atoms with Gasteiger partial charge in [0.25, 0.3) is 0 Å². The first kappa shape index (κ1) is 10.3. The number of rotatable bonds is 2. The summed E-state index contributed by atoms with van der Waals surface area (Å²) < 4.78 is 0. The van der Waals surface area contributed by atoms with Gasteiger partial charge in [-0.2, -0.15) is 5.10 Å². The summed E-state index contributed by atoms with van der Waals surface area (Å²) in [5, 5.41) is 9.04. The van der Waals surface area contributed by atoms with Crippen LogP contribution >= 0.6 is 11.8 Å². The zero-order valence-corrected chi connectivity index (χ0v) is 10.7. The highest BCUT2D eigenvalue weighted by Gasteiger charge is 2.48. The highest BCUT2D eigenvalue weighted by atomic mass is 32.2. The Morgan fingerprint density at radius 2 is 1.76 bits per heavy atom. The van der Waals surface area contributed by atoms with Crippen LogP contribution in [0.3, 0.4) is 0 Å². The predicted molar refractivity (Wildman–Crippen MR) is 69.7 cm³/mol. The van der Waals surface area contributed by atoms with Crippen LogP contribution < -0.4 is 5.73 Å². The fourth-order valence-electron chi connectivity index (χ4n) is 4.58. The Morgan fingerprint density at radius 3 is 2.29 bits per heavy atom. The lowest BCUT2D eigenvalue weighted by molar-refractivity contribution is 0.0267. The molecule has 3 N–H and O–H groups in total. The van der Waals surface area contributed by atoms with E-state index in [0.717, 1.165) is 33.9 Å². The van der Waals surface area contributed by atoms with Crippen LogP contribution in [0.2, 0.25) is 0 Å². The number of nitrogens with one attached hydrogen (secondary N) is 1. The van der Waals surface area contributed by atoms with Crippen LogP contribution in [0.4, 0.5) is 5.82 Å². The van der Waals surface area contributed by atoms with Crippen LogP contribution in [-0.2, 0) is 0 Å². The maximum absolute atomic E-state index is 5.70. The van der Waals surface area contributed by atoms with E-state index >= 15 is 0 Å². The van der Waals surface area contributed by atoms with Gasteiger partial charge in [-0.3, -0.25) is 5.10 Å². The molecule has 0 radical (unpaired) electrons. The van der Waals surface area contributed by atoms with Crippen molar-refractivity contribution >= 4 is 17.6 Å². The number of H-pyrrole nitrogens is 1. The molecule has 0 amide bonds. The van der Waals surface area contributed by atoms with Crippen molar-refractivity contribution in [3.63, 3.8) is 0 Å². The number of nitrogens with zero attached hydrogens (tertiary/aromatic N) is 1. The number of aromatic nitrogens is 2. The minimum Gasteiger partial charge on any atom is -0.384 e. The first-order valence-electron chi connectivity index (χ1n) is 6.75. The van der Waals surface area contributed by atoms with Crippen molar-refractivity contribution in [2.24, 2.45) is 23.7 Å². The Morgan fingerprint density at radius 1 is 1.12 bits per heavy atom. The second kappa shape index (κ2) is 3.67. The summed E-state index contributed by atoms with van der Waals surface area (Å²) in [6, 6.07) is 1.98. The summed E-state index contributed by atoms with van der Waals surface area (Å²) in [5.74, 6) is 4.71. The van der Waals surface area contributed by atoms with Gasteiger partial charge in [0.05, 0.1) is 0 Å². The highest BCUT2D eigenvalue weighted by Crippen LogP contribution is 2.57. The quantitative estimate of drug-likeness (QED) is 0.847. The number of thioether (sulfide) groups is 1. The van der Waals surface area contributed by atoms with E-state index in [1.54, 1.807) is 0 Å². The maximum Gasteiger partial charge on any atom is 0.120 e. The summed E-state index contributed by atoms with van der Waals surface area (Å²) in [7, 11) is 0. The SMILES string of the molecule is Nc1cc(SC2C3CC4CC(C3)CC2C4)n[nH]1. The lowest BCUT2D eigenvalue weighted by Gasteiger charge is -2.54. The highest BCUT2D eigenvalue weighted by molar-refractivity contribution is 7.99. The summed E-state index contributed by atoms with van der Waals surface area (Å²) in [4.78, 5) is 0. The molecule has 3 nitrogen and oxygen atoms in total. The molecule has 4 fully saturated rings. The van der Waals surface area contributed by atoms with Crippen molar-refractivity contribution < 1.29 is 0 Å². The average molecular weight is 249 g/mol. The van der Waals surface area contributed by atoms with Gasteiger partial charge in [0.1, 0.15) is 10.8 Å². The zero-order valence-electron chi connectivity index (χ0n) is 9.93. The molecule has 4 aliphatic carbocycles. The fraction of sp³-hybridized carbons (Fsp3) is 0.769. The third kappa shape index (κ3) is 1.68. The molecular weight excluding hydrogens is 230 g/mol. The summed E-state index contributed by atoms with van der Waals surface area (Å²) >= 11 is 1.98. The summed E-state index contributed by atoms with van der Waals surface area (Å²) in [6.45, 7) is 0. The Bertz CT molecular complexity index is 400. The van der Waals surface area contributed by atoms with E-state index < -0.39 is 0 Å². The van der Waals surface area contributed by atoms with Crippen LogP contribution in [0.5, 0.6) is 0 Å². The number of nitrogens with two attached hydrogens (primary N) is 1. The monoisotopic (exact) mass is 249 g/mol. The molecule has 4 aliphatic rings. The van der Waals surface area contributed by atoms with Crippen LogP contribution in [0.15, 0.2) is 11.1 Å². The summed E-state index contributed by atoms with van der Waals surface area (Å²) in [5.41, 5.74) is 5.70. The van der Waals surface area contributed by atoms with Crippen molar-refractivity contribution in [1.29, 1.82) is 0 Å². The number of hydrogen-bond acceptors (Lipinski definition) is 3. The smallest absolute Gasteiger partial charge is 0.120 e. The molecule has 0 aromatic carbocycles. The van der Waals surface area contributed by atoms with Gasteiger partial charge in [0.15, 0.2) is 0 Å². The average Bonchev–Trinajstić information content (AvgIpc) is 2.68. The minimum absolute atomic E-state index is 0.691. The molecular formula is C13H19N3S. The van der Waals surface area contributed by atoms with Crippen molar-refractivity contribution in [2.75, 3.05) is 5.73 Å². The number of nitrogen functional groups attached to an aromatic ring is 1. The molecule has 92 valence electrons. The molecule has 0 atom stereocenters. The van der Waals surface area contributed by atoms with Crippen LogP contribution in [0.1, 0.15) is 32.1 Å². The zero-order chi connectivity index (χ0) is 11.4. The van der Waals surface area contributed by atoms with Crippen LogP contribution in [-0.4, -0.2) is 15.4 Å². The van der Waals surface area contributed by atoms with Crippen LogP contribution in [0.25, 0.3) is 0 Å². The molecule has 4 bridgehead atoms. The lowest BCUT2D eigenvalue weighted by Crippen LogP contribution is -2.46. The molecule has 4 saturated carbocycles. The molecule has 17 heavy (non-hydrogen) atoms. The Labute approximate surface area is 106 Å². The number of hydrogen-bond donors (Lipinski definition) is 2. The van der Waals surface area contributed by atoms with Crippen molar-refractivity contribution in [3.05, 3.63) is 6.07 Å². The van der Waals surface area contributed by atoms with E-state index in [2.05, 4.69) is 10.2 Å². The third-order valence-electron chi connectivity index (χ3n) is 4.97. The van der Waals surface area contributed by atoms with E-state index in [9.17, 15) is 0 Å². The second-order valence-corrected chi connectivity index (χ2v) is 7.37. The molecule has 0 saturated heterocycles. The van der Waals surface area contributed by atoms with Crippen LogP contribution in [0, 0.1) is 23.7 Å². The molecule has 1 heterocycles. The summed E-state index contributed by atoms with van der Waals surface area (Å²) in [6.07, 6.45) is 7.43. The maximum atomic E-state index is 5.70. The second-order valence-electron chi connectivity index (χ2n) is 6.17. The Balaban J connectivity index is 1.54. The van der Waals surface area contributed by atoms with Gasteiger partial charge in [0.2, 0.25) is 0 Å². The van der Waals surface area contributed by atoms with E-state index in [0.29, 0.717) is 5.82 Å². The number of anilines is 1. The fourth-order valence-corrected chi connectivity index (χ4v) is 5.99. The standard InChI is InChI=1S/C13H19N3S/c14-11-6-12(16-15-11)17-13-9-2-7-1-8(4-9)5-10(13)3-7/h6-10,13H,1-5H2,(H3,14,15,16). The van der Waals surface area contributed by atoms with E-state index in [1.165, 1.54) is 32.1 Å². The molecule has 5 rings (SSSR count). The van der Waals surface area contributed by atoms with Gasteiger partial charge < -0.3 is 5.73 Å². The molecule has 1 aromatic rings. The minimum atomic E-state index is 0.691. The normalized spacial score (nSPS) is 43.2. The van der Waals surface area contributed by atoms with E-state index in [1.807, 2.05) is 17.8 Å². The topological polar surface area (TPSA) is 54.7 Å². The Kier molecular flexibility index (Phi) is 2.23. The molecule has 0 spiro atoms. The first-order valence-corrected chi connectivity index (χ1v) is 7.63. The first-order chi connectivity index (χ1) is 8.28. The van der Waals surface area contributed by atoms with Gasteiger partial charge in [-0.1, -0.05) is 0 Å². The van der Waals surface area contributed by atoms with Crippen molar-refractivity contribution in [2.45, 2.75) is 42.4 Å². The molecule has 0 aliphatic heterocycles. The van der Waals surface area contributed by atoms with Gasteiger partial charge in [-0.05, 0) is 55.8 Å². The van der Waals surface area contributed by atoms with E-state index in [-0.39, 0.29) is 0 Å². The largest absolute Gasteiger partial charge is 0.384 e. The number of aromatic amines is 1. The molecule has 1 aromatic heterocycles. The van der Waals surface area contributed by atoms with Crippen molar-refractivity contribution in [1.82, 2.24) is 10.2 Å². The van der Waals surface area contributed by atoms with Gasteiger partial charge >= 0.3 is 0 Å². The van der Waals surface area contributed by atoms with E-state index in [4.69, 9.17) is 5.73 Å².